The van der Waals surface area contributed by atoms with Gasteiger partial charge in [-0.15, -0.1) is 0 Å². The van der Waals surface area contributed by atoms with Crippen molar-refractivity contribution in [3.8, 4) is 0 Å². The van der Waals surface area contributed by atoms with E-state index in [2.05, 4.69) is 10.1 Å². The van der Waals surface area contributed by atoms with Gasteiger partial charge < -0.3 is 13.8 Å². The van der Waals surface area contributed by atoms with E-state index < -0.39 is 5.91 Å². The van der Waals surface area contributed by atoms with Crippen LogP contribution in [0.1, 0.15) is 23.0 Å². The molecule has 2 heterocycles. The maximum absolute atomic E-state index is 12.2. The second kappa shape index (κ2) is 6.79. The van der Waals surface area contributed by atoms with Gasteiger partial charge in [0, 0.05) is 6.07 Å². The van der Waals surface area contributed by atoms with Gasteiger partial charge in [0.25, 0.3) is 0 Å². The van der Waals surface area contributed by atoms with Crippen LogP contribution in [-0.4, -0.2) is 28.2 Å². The molecular weight excluding hydrogens is 330 g/mol. The molecule has 0 unspecified atom stereocenters. The zero-order valence-electron chi connectivity index (χ0n) is 13.2. The molecule has 0 saturated carbocycles. The molecule has 8 heteroatoms. The van der Waals surface area contributed by atoms with E-state index in [0.717, 1.165) is 15.8 Å². The minimum absolute atomic E-state index is 0.0145. The van der Waals surface area contributed by atoms with Crippen LogP contribution in [0.4, 0.5) is 0 Å². The number of rotatable bonds is 4. The maximum atomic E-state index is 12.2. The van der Waals surface area contributed by atoms with Crippen LogP contribution in [0.25, 0.3) is 10.2 Å². The number of hydrogen-bond donors (Lipinski definition) is 0. The Bertz CT molecular complexity index is 954. The highest BCUT2D eigenvalue weighted by Crippen LogP contribution is 2.19. The molecule has 24 heavy (non-hydrogen) atoms. The Morgan fingerprint density at radius 2 is 2.21 bits per heavy atom. The highest BCUT2D eigenvalue weighted by molar-refractivity contribution is 7.16. The predicted octanol–water partition coefficient (Wildman–Crippen LogP) is 2.30. The van der Waals surface area contributed by atoms with Crippen molar-refractivity contribution in [2.45, 2.75) is 20.4 Å². The molecule has 0 aliphatic rings. The number of benzene rings is 1. The maximum Gasteiger partial charge on any atom is 0.326 e. The number of esters is 1. The number of nitrogens with zero attached hydrogens (tertiary/aromatic N) is 3. The highest BCUT2D eigenvalue weighted by atomic mass is 32.1. The van der Waals surface area contributed by atoms with Crippen molar-refractivity contribution in [1.82, 2.24) is 9.72 Å². The first-order valence-electron chi connectivity index (χ1n) is 7.34. The second-order valence-corrected chi connectivity index (χ2v) is 6.05. The van der Waals surface area contributed by atoms with Crippen LogP contribution in [0, 0.1) is 6.92 Å². The molecule has 124 valence electrons. The molecule has 0 N–H and O–H groups in total. The minimum atomic E-state index is -0.548. The lowest BCUT2D eigenvalue weighted by Crippen LogP contribution is -2.23. The Morgan fingerprint density at radius 3 is 2.92 bits per heavy atom. The van der Waals surface area contributed by atoms with Gasteiger partial charge in [-0.2, -0.15) is 4.99 Å². The molecule has 1 amide bonds. The van der Waals surface area contributed by atoms with Crippen molar-refractivity contribution < 1.29 is 18.8 Å². The van der Waals surface area contributed by atoms with E-state index in [1.807, 2.05) is 25.1 Å². The molecule has 0 spiro atoms. The molecule has 1 aromatic carbocycles. The van der Waals surface area contributed by atoms with Gasteiger partial charge in [-0.3, -0.25) is 9.59 Å². The quantitative estimate of drug-likeness (QED) is 0.677. The summed E-state index contributed by atoms with van der Waals surface area (Å²) in [7, 11) is 0. The summed E-state index contributed by atoms with van der Waals surface area (Å²) >= 11 is 1.33. The first-order chi connectivity index (χ1) is 11.6. The number of carbonyl (C=O) groups excluding carboxylic acids is 2. The summed E-state index contributed by atoms with van der Waals surface area (Å²) in [5, 5.41) is 3.50. The Labute approximate surface area is 141 Å². The van der Waals surface area contributed by atoms with E-state index >= 15 is 0 Å². The molecular formula is C16H15N3O4S. The van der Waals surface area contributed by atoms with Crippen LogP contribution < -0.4 is 4.80 Å². The van der Waals surface area contributed by atoms with Crippen molar-refractivity contribution in [3.05, 3.63) is 46.6 Å². The molecule has 0 aliphatic carbocycles. The number of carbonyl (C=O) groups is 2. The summed E-state index contributed by atoms with van der Waals surface area (Å²) in [4.78, 5) is 28.5. The molecule has 3 rings (SSSR count). The van der Waals surface area contributed by atoms with Crippen LogP contribution in [-0.2, 0) is 16.1 Å². The van der Waals surface area contributed by atoms with Gasteiger partial charge in [-0.25, -0.2) is 0 Å². The van der Waals surface area contributed by atoms with Crippen LogP contribution in [0.2, 0.25) is 0 Å². The molecule has 0 bridgehead atoms. The van der Waals surface area contributed by atoms with Gasteiger partial charge in [0.05, 0.1) is 23.0 Å². The third kappa shape index (κ3) is 3.28. The van der Waals surface area contributed by atoms with Crippen LogP contribution in [0.3, 0.4) is 0 Å². The Balaban J connectivity index is 2.11. The third-order valence-corrected chi connectivity index (χ3v) is 4.32. The summed E-state index contributed by atoms with van der Waals surface area (Å²) in [6.07, 6.45) is 1.38. The number of aromatic nitrogens is 2. The topological polar surface area (TPSA) is 86.7 Å². The molecule has 0 aliphatic heterocycles. The Hall–Kier alpha value is -2.74. The van der Waals surface area contributed by atoms with Crippen LogP contribution in [0.5, 0.6) is 0 Å². The first-order valence-corrected chi connectivity index (χ1v) is 8.15. The third-order valence-electron chi connectivity index (χ3n) is 3.28. The van der Waals surface area contributed by atoms with Crippen molar-refractivity contribution in [3.63, 3.8) is 0 Å². The van der Waals surface area contributed by atoms with Gasteiger partial charge >= 0.3 is 11.9 Å². The standard InChI is InChI=1S/C16H15N3O4S/c1-3-22-14(20)9-19-11-5-4-10(2)8-13(11)24-16(19)18-15(21)12-6-7-17-23-12/h4-8H,3,9H2,1-2H3. The number of fused-ring (bicyclic) bond motifs is 1. The van der Waals surface area contributed by atoms with Crippen molar-refractivity contribution in [2.24, 2.45) is 4.99 Å². The average Bonchev–Trinajstić information content (AvgIpc) is 3.16. The number of thiazole rings is 1. The summed E-state index contributed by atoms with van der Waals surface area (Å²) in [5.74, 6) is -0.883. The Kier molecular flexibility index (Phi) is 4.57. The lowest BCUT2D eigenvalue weighted by atomic mass is 10.2. The lowest BCUT2D eigenvalue weighted by Gasteiger charge is -2.05. The molecule has 3 aromatic rings. The summed E-state index contributed by atoms with van der Waals surface area (Å²) in [6, 6.07) is 7.27. The molecule has 0 radical (unpaired) electrons. The number of ether oxygens (including phenoxy) is 1. The fourth-order valence-corrected chi connectivity index (χ4v) is 3.35. The van der Waals surface area contributed by atoms with Gasteiger partial charge in [0.1, 0.15) is 6.54 Å². The van der Waals surface area contributed by atoms with E-state index in [1.54, 1.807) is 11.5 Å². The number of aryl methyl sites for hydroxylation is 1. The minimum Gasteiger partial charge on any atom is -0.465 e. The highest BCUT2D eigenvalue weighted by Gasteiger charge is 2.14. The van der Waals surface area contributed by atoms with Crippen molar-refractivity contribution >= 4 is 33.4 Å². The van der Waals surface area contributed by atoms with Crippen molar-refractivity contribution in [2.75, 3.05) is 6.61 Å². The second-order valence-electron chi connectivity index (χ2n) is 5.04. The first kappa shape index (κ1) is 16.1. The van der Waals surface area contributed by atoms with Crippen LogP contribution in [0.15, 0.2) is 40.0 Å². The SMILES string of the molecule is CCOC(=O)Cn1c(=NC(=O)c2ccno2)sc2cc(C)ccc21. The van der Waals surface area contributed by atoms with E-state index in [0.29, 0.717) is 11.4 Å². The number of hydrogen-bond acceptors (Lipinski definition) is 6. The van der Waals surface area contributed by atoms with E-state index in [4.69, 9.17) is 9.26 Å². The zero-order valence-corrected chi connectivity index (χ0v) is 14.0. The number of amides is 1. The molecule has 7 nitrogen and oxygen atoms in total. The van der Waals surface area contributed by atoms with Gasteiger partial charge in [0.2, 0.25) is 5.76 Å². The molecule has 2 aromatic heterocycles. The normalized spacial score (nSPS) is 11.8. The average molecular weight is 345 g/mol. The smallest absolute Gasteiger partial charge is 0.326 e. The van der Waals surface area contributed by atoms with Crippen molar-refractivity contribution in [1.29, 1.82) is 0 Å². The van der Waals surface area contributed by atoms with Gasteiger partial charge in [-0.05, 0) is 31.5 Å². The van der Waals surface area contributed by atoms with E-state index in [-0.39, 0.29) is 18.3 Å². The zero-order chi connectivity index (χ0) is 17.1. The largest absolute Gasteiger partial charge is 0.465 e. The van der Waals surface area contributed by atoms with E-state index in [9.17, 15) is 9.59 Å². The monoisotopic (exact) mass is 345 g/mol. The summed E-state index contributed by atoms with van der Waals surface area (Å²) in [5.41, 5.74) is 1.91. The van der Waals surface area contributed by atoms with E-state index in [1.165, 1.54) is 23.6 Å². The van der Waals surface area contributed by atoms with Gasteiger partial charge in [-0.1, -0.05) is 22.6 Å². The summed E-state index contributed by atoms with van der Waals surface area (Å²) < 4.78 is 12.4. The van der Waals surface area contributed by atoms with Crippen LogP contribution >= 0.6 is 11.3 Å². The lowest BCUT2D eigenvalue weighted by molar-refractivity contribution is -0.143. The molecule has 0 fully saturated rings. The Morgan fingerprint density at radius 1 is 1.38 bits per heavy atom. The fourth-order valence-electron chi connectivity index (χ4n) is 2.22. The fraction of sp³-hybridized carbons (Fsp3) is 0.250. The van der Waals surface area contributed by atoms with Gasteiger partial charge in [0.15, 0.2) is 4.80 Å². The predicted molar refractivity (Wildman–Crippen MR) is 87.6 cm³/mol. The summed E-state index contributed by atoms with van der Waals surface area (Å²) in [6.45, 7) is 4.01. The molecule has 0 saturated heterocycles. The molecule has 0 atom stereocenters.